The monoisotopic (exact) mass is 407 g/mol. The van der Waals surface area contributed by atoms with Gasteiger partial charge in [-0.15, -0.1) is 0 Å². The number of piperidine rings is 1. The summed E-state index contributed by atoms with van der Waals surface area (Å²) in [6, 6.07) is 15.9. The minimum atomic E-state index is -0.219. The molecule has 6 nitrogen and oxygen atoms in total. The Bertz CT molecular complexity index is 896. The number of urea groups is 1. The second kappa shape index (κ2) is 10.1. The lowest BCUT2D eigenvalue weighted by atomic mass is 9.98. The quantitative estimate of drug-likeness (QED) is 0.712. The van der Waals surface area contributed by atoms with Gasteiger partial charge in [-0.05, 0) is 30.9 Å². The van der Waals surface area contributed by atoms with E-state index in [1.54, 1.807) is 41.3 Å². The largest absolute Gasteiger partial charge is 0.356 e. The second-order valence-electron chi connectivity index (χ2n) is 8.03. The molecular weight excluding hydrogens is 378 g/mol. The summed E-state index contributed by atoms with van der Waals surface area (Å²) in [7, 11) is 0. The zero-order chi connectivity index (χ0) is 21.5. The highest BCUT2D eigenvalue weighted by Gasteiger charge is 2.25. The van der Waals surface area contributed by atoms with Crippen molar-refractivity contribution in [1.29, 1.82) is 0 Å². The number of amides is 3. The summed E-state index contributed by atoms with van der Waals surface area (Å²) in [4.78, 5) is 39.4. The zero-order valence-corrected chi connectivity index (χ0v) is 17.6. The highest BCUT2D eigenvalue weighted by atomic mass is 16.2. The average Bonchev–Trinajstić information content (AvgIpc) is 2.78. The number of carbonyl (C=O) groups is 3. The maximum absolute atomic E-state index is 12.9. The first kappa shape index (κ1) is 21.6. The van der Waals surface area contributed by atoms with E-state index in [1.807, 2.05) is 32.0 Å². The summed E-state index contributed by atoms with van der Waals surface area (Å²) in [5.41, 5.74) is 1.56. The van der Waals surface area contributed by atoms with Gasteiger partial charge in [0.15, 0.2) is 5.78 Å². The van der Waals surface area contributed by atoms with Crippen molar-refractivity contribution >= 4 is 23.4 Å². The van der Waals surface area contributed by atoms with E-state index in [9.17, 15) is 14.4 Å². The van der Waals surface area contributed by atoms with Crippen LogP contribution in [0.1, 0.15) is 42.6 Å². The van der Waals surface area contributed by atoms with E-state index in [2.05, 4.69) is 10.6 Å². The summed E-state index contributed by atoms with van der Waals surface area (Å²) in [6.07, 6.45) is 1.87. The molecule has 3 amide bonds. The van der Waals surface area contributed by atoms with Crippen LogP contribution in [-0.4, -0.2) is 42.3 Å². The van der Waals surface area contributed by atoms with Crippen LogP contribution in [-0.2, 0) is 4.79 Å². The molecule has 2 N–H and O–H groups in total. The lowest BCUT2D eigenvalue weighted by Gasteiger charge is -2.33. The summed E-state index contributed by atoms with van der Waals surface area (Å²) in [6.45, 7) is 5.55. The molecule has 1 aliphatic heterocycles. The third-order valence-corrected chi connectivity index (χ3v) is 5.34. The molecule has 0 spiro atoms. The third kappa shape index (κ3) is 5.47. The van der Waals surface area contributed by atoms with Gasteiger partial charge >= 0.3 is 6.03 Å². The Hall–Kier alpha value is -3.15. The third-order valence-electron chi connectivity index (χ3n) is 5.34. The van der Waals surface area contributed by atoms with Crippen LogP contribution in [0.25, 0.3) is 0 Å². The van der Waals surface area contributed by atoms with E-state index in [0.29, 0.717) is 36.4 Å². The molecule has 3 rings (SSSR count). The smallest absolute Gasteiger partial charge is 0.321 e. The van der Waals surface area contributed by atoms with E-state index in [4.69, 9.17) is 0 Å². The minimum Gasteiger partial charge on any atom is -0.356 e. The van der Waals surface area contributed by atoms with Gasteiger partial charge in [0.2, 0.25) is 5.91 Å². The van der Waals surface area contributed by atoms with E-state index >= 15 is 0 Å². The number of hydrogen-bond donors (Lipinski definition) is 2. The van der Waals surface area contributed by atoms with Crippen molar-refractivity contribution in [3.8, 4) is 0 Å². The van der Waals surface area contributed by atoms with Gasteiger partial charge in [0, 0.05) is 36.7 Å². The Labute approximate surface area is 177 Å². The number of nitrogens with zero attached hydrogens (tertiary/aromatic N) is 1. The molecule has 2 aromatic carbocycles. The number of likely N-dealkylation sites (tertiary alicyclic amines) is 1. The number of carbonyl (C=O) groups excluding carboxylic acids is 3. The molecule has 1 atom stereocenters. The van der Waals surface area contributed by atoms with Gasteiger partial charge in [0.25, 0.3) is 0 Å². The van der Waals surface area contributed by atoms with Crippen LogP contribution in [0.15, 0.2) is 54.6 Å². The van der Waals surface area contributed by atoms with Gasteiger partial charge in [0.1, 0.15) is 0 Å². The van der Waals surface area contributed by atoms with Gasteiger partial charge in [-0.1, -0.05) is 56.3 Å². The molecule has 2 aromatic rings. The lowest BCUT2D eigenvalue weighted by Crippen LogP contribution is -2.45. The molecule has 1 heterocycles. The van der Waals surface area contributed by atoms with Crippen molar-refractivity contribution in [2.75, 3.05) is 25.0 Å². The van der Waals surface area contributed by atoms with Gasteiger partial charge in [-0.2, -0.15) is 0 Å². The average molecular weight is 408 g/mol. The number of para-hydroxylation sites is 1. The molecule has 158 valence electrons. The molecule has 1 saturated heterocycles. The van der Waals surface area contributed by atoms with Crippen LogP contribution >= 0.6 is 0 Å². The van der Waals surface area contributed by atoms with Gasteiger partial charge in [-0.3, -0.25) is 9.59 Å². The van der Waals surface area contributed by atoms with E-state index < -0.39 is 0 Å². The maximum Gasteiger partial charge on any atom is 0.321 e. The van der Waals surface area contributed by atoms with Crippen LogP contribution in [0.5, 0.6) is 0 Å². The Morgan fingerprint density at radius 2 is 1.73 bits per heavy atom. The molecule has 0 saturated carbocycles. The fraction of sp³-hybridized carbons (Fsp3) is 0.375. The van der Waals surface area contributed by atoms with Crippen molar-refractivity contribution in [2.45, 2.75) is 26.7 Å². The van der Waals surface area contributed by atoms with Gasteiger partial charge in [0.05, 0.1) is 5.69 Å². The van der Waals surface area contributed by atoms with Crippen LogP contribution in [0.2, 0.25) is 0 Å². The molecule has 6 heteroatoms. The van der Waals surface area contributed by atoms with Crippen LogP contribution in [0.4, 0.5) is 10.5 Å². The highest BCUT2D eigenvalue weighted by Crippen LogP contribution is 2.22. The van der Waals surface area contributed by atoms with E-state index in [0.717, 1.165) is 12.8 Å². The SMILES string of the molecule is CC(C)C(=O)NC[C@H]1CCCN(C(=O)Nc2ccccc2C(=O)c2ccccc2)C1. The summed E-state index contributed by atoms with van der Waals surface area (Å²) in [5, 5.41) is 5.87. The molecular formula is C24H29N3O3. The molecule has 0 aliphatic carbocycles. The molecule has 0 unspecified atom stereocenters. The first-order chi connectivity index (χ1) is 14.5. The predicted molar refractivity (Wildman–Crippen MR) is 117 cm³/mol. The first-order valence-electron chi connectivity index (χ1n) is 10.5. The fourth-order valence-electron chi connectivity index (χ4n) is 3.59. The maximum atomic E-state index is 12.9. The first-order valence-corrected chi connectivity index (χ1v) is 10.5. The molecule has 0 radical (unpaired) electrons. The standard InChI is InChI=1S/C24H29N3O3/c1-17(2)23(29)25-15-18-9-8-14-27(16-18)24(30)26-21-13-7-6-12-20(21)22(28)19-10-4-3-5-11-19/h3-7,10-13,17-18H,8-9,14-16H2,1-2H3,(H,25,29)(H,26,30)/t18-/m1/s1. The van der Waals surface area contributed by atoms with Crippen LogP contribution in [0.3, 0.4) is 0 Å². The Morgan fingerprint density at radius 1 is 1.03 bits per heavy atom. The van der Waals surface area contributed by atoms with Crippen molar-refractivity contribution in [3.05, 3.63) is 65.7 Å². The summed E-state index contributed by atoms with van der Waals surface area (Å²) in [5.74, 6) is 0.0874. The van der Waals surface area contributed by atoms with Gasteiger partial charge < -0.3 is 15.5 Å². The van der Waals surface area contributed by atoms with Gasteiger partial charge in [-0.25, -0.2) is 4.79 Å². The normalized spacial score (nSPS) is 16.2. The van der Waals surface area contributed by atoms with Crippen molar-refractivity contribution in [3.63, 3.8) is 0 Å². The number of benzene rings is 2. The minimum absolute atomic E-state index is 0.0323. The molecule has 0 bridgehead atoms. The summed E-state index contributed by atoms with van der Waals surface area (Å²) >= 11 is 0. The van der Waals surface area contributed by atoms with Crippen LogP contribution in [0, 0.1) is 11.8 Å². The zero-order valence-electron chi connectivity index (χ0n) is 17.6. The van der Waals surface area contributed by atoms with Crippen molar-refractivity contribution < 1.29 is 14.4 Å². The lowest BCUT2D eigenvalue weighted by molar-refractivity contribution is -0.124. The summed E-state index contributed by atoms with van der Waals surface area (Å²) < 4.78 is 0. The molecule has 1 fully saturated rings. The van der Waals surface area contributed by atoms with Crippen LogP contribution < -0.4 is 10.6 Å². The van der Waals surface area contributed by atoms with E-state index in [-0.39, 0.29) is 29.6 Å². The Kier molecular flexibility index (Phi) is 7.22. The Balaban J connectivity index is 1.65. The predicted octanol–water partition coefficient (Wildman–Crippen LogP) is 3.93. The second-order valence-corrected chi connectivity index (χ2v) is 8.03. The number of nitrogens with one attached hydrogen (secondary N) is 2. The van der Waals surface area contributed by atoms with Crippen molar-refractivity contribution in [1.82, 2.24) is 10.2 Å². The fourth-order valence-corrected chi connectivity index (χ4v) is 3.59. The topological polar surface area (TPSA) is 78.5 Å². The van der Waals surface area contributed by atoms with Crippen molar-refractivity contribution in [2.24, 2.45) is 11.8 Å². The number of rotatable bonds is 6. The number of hydrogen-bond acceptors (Lipinski definition) is 3. The molecule has 0 aromatic heterocycles. The molecule has 1 aliphatic rings. The Morgan fingerprint density at radius 3 is 2.47 bits per heavy atom. The van der Waals surface area contributed by atoms with E-state index in [1.165, 1.54) is 0 Å². The molecule has 30 heavy (non-hydrogen) atoms. The number of ketones is 1. The highest BCUT2D eigenvalue weighted by molar-refractivity contribution is 6.13. The number of anilines is 1.